The molecule has 1 atom stereocenters. The van der Waals surface area contributed by atoms with Gasteiger partial charge in [0.25, 0.3) is 5.91 Å². The first-order valence-corrected chi connectivity index (χ1v) is 11.0. The van der Waals surface area contributed by atoms with Gasteiger partial charge in [-0.25, -0.2) is 0 Å². The van der Waals surface area contributed by atoms with E-state index in [-0.39, 0.29) is 19.3 Å². The molecule has 2 rings (SSSR count). The van der Waals surface area contributed by atoms with E-state index >= 15 is 0 Å². The molecule has 0 spiro atoms. The van der Waals surface area contributed by atoms with E-state index < -0.39 is 0 Å². The Morgan fingerprint density at radius 2 is 1.67 bits per heavy atom. The van der Waals surface area contributed by atoms with E-state index in [0.717, 1.165) is 19.3 Å². The zero-order valence-corrected chi connectivity index (χ0v) is 19.8. The summed E-state index contributed by atoms with van der Waals surface area (Å²) in [4.78, 5) is 12.3. The van der Waals surface area contributed by atoms with E-state index in [1.807, 2.05) is 53.7 Å². The predicted octanol–water partition coefficient (Wildman–Crippen LogP) is 7.42. The fourth-order valence-corrected chi connectivity index (χ4v) is 2.54. The first-order chi connectivity index (χ1) is 14.1. The monoisotopic (exact) mass is 417 g/mol. The highest BCUT2D eigenvalue weighted by Crippen LogP contribution is 2.17. The number of ether oxygens (including phenoxy) is 1. The number of hydrogen-bond acceptors (Lipinski definition) is 2. The molecular formula is C27H47NO2. The highest BCUT2D eigenvalue weighted by atomic mass is 16.5. The normalized spacial score (nSPS) is 16.5. The van der Waals surface area contributed by atoms with Gasteiger partial charge in [0, 0.05) is 17.2 Å². The molecule has 1 amide bonds. The van der Waals surface area contributed by atoms with E-state index in [1.54, 1.807) is 0 Å². The Labute approximate surface area is 187 Å². The maximum Gasteiger partial charge on any atom is 0.253 e. The van der Waals surface area contributed by atoms with Crippen LogP contribution in [0.5, 0.6) is 0 Å². The molecule has 0 bridgehead atoms. The first-order valence-electron chi connectivity index (χ1n) is 11.0. The number of allylic oxidation sites excluding steroid dienone is 2. The molecule has 1 fully saturated rings. The highest BCUT2D eigenvalue weighted by Gasteiger charge is 2.20. The van der Waals surface area contributed by atoms with Crippen molar-refractivity contribution in [1.29, 1.82) is 0 Å². The van der Waals surface area contributed by atoms with Crippen molar-refractivity contribution in [3.05, 3.63) is 72.0 Å². The van der Waals surface area contributed by atoms with Crippen LogP contribution < -0.4 is 5.32 Å². The van der Waals surface area contributed by atoms with Gasteiger partial charge in [-0.1, -0.05) is 97.5 Å². The van der Waals surface area contributed by atoms with Gasteiger partial charge in [0.05, 0.1) is 13.2 Å². The molecule has 1 saturated heterocycles. The van der Waals surface area contributed by atoms with E-state index in [2.05, 4.69) is 49.7 Å². The Balaban J connectivity index is -0.000000955. The third kappa shape index (κ3) is 13.2. The van der Waals surface area contributed by atoms with Gasteiger partial charge in [-0.2, -0.15) is 0 Å². The number of benzene rings is 1. The molecule has 0 saturated carbocycles. The van der Waals surface area contributed by atoms with Gasteiger partial charge in [-0.3, -0.25) is 4.79 Å². The molecular weight excluding hydrogens is 370 g/mol. The lowest BCUT2D eigenvalue weighted by Gasteiger charge is -2.23. The van der Waals surface area contributed by atoms with Crippen LogP contribution in [0.25, 0.3) is 0 Å². The van der Waals surface area contributed by atoms with E-state index in [4.69, 9.17) is 4.74 Å². The number of rotatable bonds is 5. The van der Waals surface area contributed by atoms with Crippen molar-refractivity contribution in [2.24, 2.45) is 5.92 Å². The topological polar surface area (TPSA) is 38.3 Å². The van der Waals surface area contributed by atoms with Crippen LogP contribution in [-0.2, 0) is 16.0 Å². The molecule has 1 aliphatic heterocycles. The summed E-state index contributed by atoms with van der Waals surface area (Å²) < 4.78 is 5.67. The fourth-order valence-electron chi connectivity index (χ4n) is 2.54. The van der Waals surface area contributed by atoms with Crippen LogP contribution in [0.4, 0.5) is 0 Å². The summed E-state index contributed by atoms with van der Waals surface area (Å²) in [6.45, 7) is 22.7. The van der Waals surface area contributed by atoms with Gasteiger partial charge in [-0.05, 0) is 31.7 Å². The van der Waals surface area contributed by atoms with E-state index in [9.17, 15) is 4.79 Å². The maximum atomic E-state index is 12.3. The Kier molecular flexibility index (Phi) is 23.4. The summed E-state index contributed by atoms with van der Waals surface area (Å²) in [5.41, 5.74) is 3.91. The summed E-state index contributed by atoms with van der Waals surface area (Å²) in [6.07, 6.45) is 6.28. The molecule has 3 heteroatoms. The van der Waals surface area contributed by atoms with Gasteiger partial charge in [0.15, 0.2) is 0 Å². The van der Waals surface area contributed by atoms with Crippen LogP contribution in [0.1, 0.15) is 72.9 Å². The van der Waals surface area contributed by atoms with Crippen molar-refractivity contribution in [3.63, 3.8) is 0 Å². The number of hydrogen-bond donors (Lipinski definition) is 1. The molecule has 1 heterocycles. The van der Waals surface area contributed by atoms with Crippen molar-refractivity contribution in [2.75, 3.05) is 13.2 Å². The second-order valence-electron chi connectivity index (χ2n) is 5.97. The van der Waals surface area contributed by atoms with Gasteiger partial charge in [-0.15, -0.1) is 6.58 Å². The lowest BCUT2D eigenvalue weighted by atomic mass is 10.0. The molecule has 1 unspecified atom stereocenters. The minimum Gasteiger partial charge on any atom is -0.376 e. The molecule has 1 aliphatic rings. The Hall–Kier alpha value is -2.13. The summed E-state index contributed by atoms with van der Waals surface area (Å²) in [6, 6.07) is 8.48. The number of nitrogens with one attached hydrogen (secondary N) is 1. The van der Waals surface area contributed by atoms with Crippen LogP contribution in [0.15, 0.2) is 60.8 Å². The Morgan fingerprint density at radius 3 is 2.20 bits per heavy atom. The van der Waals surface area contributed by atoms with E-state index in [0.29, 0.717) is 24.5 Å². The molecule has 0 aromatic heterocycles. The summed E-state index contributed by atoms with van der Waals surface area (Å²) in [5.74, 6) is -0.00164. The van der Waals surface area contributed by atoms with Gasteiger partial charge < -0.3 is 10.1 Å². The fraction of sp³-hybridized carbons (Fsp3) is 0.519. The summed E-state index contributed by atoms with van der Waals surface area (Å²) in [5, 5.41) is 2.89. The summed E-state index contributed by atoms with van der Waals surface area (Å²) in [7, 11) is 0. The van der Waals surface area contributed by atoms with Gasteiger partial charge >= 0.3 is 0 Å². The number of amides is 1. The smallest absolute Gasteiger partial charge is 0.253 e. The van der Waals surface area contributed by atoms with Crippen LogP contribution in [0.2, 0.25) is 0 Å². The molecule has 30 heavy (non-hydrogen) atoms. The minimum absolute atomic E-state index is 0. The van der Waals surface area contributed by atoms with E-state index in [1.165, 1.54) is 11.1 Å². The van der Waals surface area contributed by atoms with Gasteiger partial charge in [0.2, 0.25) is 0 Å². The molecule has 0 radical (unpaired) electrons. The first kappa shape index (κ1) is 32.5. The molecule has 172 valence electrons. The van der Waals surface area contributed by atoms with Crippen molar-refractivity contribution in [3.8, 4) is 0 Å². The van der Waals surface area contributed by atoms with Crippen molar-refractivity contribution < 1.29 is 9.53 Å². The third-order valence-corrected chi connectivity index (χ3v) is 4.03. The lowest BCUT2D eigenvalue weighted by Crippen LogP contribution is -2.34. The molecule has 1 aromatic rings. The number of carbonyl (C=O) groups excluding carboxylic acids is 1. The zero-order valence-electron chi connectivity index (χ0n) is 19.8. The van der Waals surface area contributed by atoms with Crippen LogP contribution in [-0.4, -0.2) is 19.1 Å². The Bertz CT molecular complexity index is 600. The third-order valence-electron chi connectivity index (χ3n) is 4.03. The second kappa shape index (κ2) is 21.6. The largest absolute Gasteiger partial charge is 0.376 e. The van der Waals surface area contributed by atoms with Gasteiger partial charge in [0.1, 0.15) is 0 Å². The van der Waals surface area contributed by atoms with Crippen LogP contribution in [0, 0.1) is 12.8 Å². The minimum atomic E-state index is -0.104. The molecule has 0 aliphatic carbocycles. The zero-order chi connectivity index (χ0) is 22.7. The molecule has 1 N–H and O–H groups in total. The molecule has 1 aromatic carbocycles. The maximum absolute atomic E-state index is 12.3. The molecule has 3 nitrogen and oxygen atoms in total. The van der Waals surface area contributed by atoms with Crippen molar-refractivity contribution >= 4 is 5.91 Å². The number of carbonyl (C=O) groups is 1. The highest BCUT2D eigenvalue weighted by molar-refractivity contribution is 5.94. The quantitative estimate of drug-likeness (QED) is 0.400. The summed E-state index contributed by atoms with van der Waals surface area (Å²) >= 11 is 0. The average Bonchev–Trinajstić information content (AvgIpc) is 2.76. The van der Waals surface area contributed by atoms with Crippen LogP contribution >= 0.6 is 0 Å². The van der Waals surface area contributed by atoms with Crippen LogP contribution in [0.3, 0.4) is 0 Å². The van der Waals surface area contributed by atoms with Crippen molar-refractivity contribution in [1.82, 2.24) is 5.32 Å². The lowest BCUT2D eigenvalue weighted by molar-refractivity contribution is -0.118. The Morgan fingerprint density at radius 1 is 1.10 bits per heavy atom. The average molecular weight is 418 g/mol. The number of aryl methyl sites for hydroxylation is 2. The SMILES string of the molecule is C.C=CCC1COC/C(=C/CCc2ccc(C)cc2)C(=O)NC1=C.CC.CC.CC. The standard InChI is InChI=1S/C20H25NO2.3C2H6.CH4/c1-4-6-18-13-23-14-19(20(22)21-16(18)3)8-5-7-17-11-9-15(2)10-12-17;3*1-2;/h4,8-12,18H,1,3,5-7,13-14H2,2H3,(H,21,22);3*1-2H3;1H4/b19-8-;;;;. The predicted molar refractivity (Wildman–Crippen MR) is 135 cm³/mol. The second-order valence-corrected chi connectivity index (χ2v) is 5.97. The van der Waals surface area contributed by atoms with Crippen molar-refractivity contribution in [2.45, 2.75) is 75.2 Å².